The summed E-state index contributed by atoms with van der Waals surface area (Å²) in [5, 5.41) is 13.8. The Morgan fingerprint density at radius 2 is 2.28 bits per heavy atom. The Morgan fingerprint density at radius 3 is 2.78 bits per heavy atom. The van der Waals surface area contributed by atoms with Crippen LogP contribution in [-0.4, -0.2) is 34.1 Å². The van der Waals surface area contributed by atoms with Crippen LogP contribution in [0.15, 0.2) is 6.20 Å². The van der Waals surface area contributed by atoms with E-state index in [9.17, 15) is 10.1 Å². The average molecular weight is 256 g/mol. The van der Waals surface area contributed by atoms with Crippen molar-refractivity contribution in [1.29, 1.82) is 0 Å². The van der Waals surface area contributed by atoms with Crippen LogP contribution >= 0.6 is 0 Å². The number of nitro groups is 1. The number of nitrogens with two attached hydrogens (primary N) is 1. The highest BCUT2D eigenvalue weighted by atomic mass is 16.6. The fourth-order valence-corrected chi connectivity index (χ4v) is 1.39. The monoisotopic (exact) mass is 256 g/mol. The molecule has 0 saturated heterocycles. The second kappa shape index (κ2) is 5.56. The maximum absolute atomic E-state index is 10.9. The number of nitrogen functional groups attached to an aromatic ring is 1. The largest absolute Gasteiger partial charge is 0.382 e. The van der Waals surface area contributed by atoms with Gasteiger partial charge in [-0.3, -0.25) is 15.5 Å². The van der Waals surface area contributed by atoms with Crippen molar-refractivity contribution in [3.63, 3.8) is 0 Å². The topological polar surface area (TPSA) is 128 Å². The third kappa shape index (κ3) is 3.50. The van der Waals surface area contributed by atoms with Crippen molar-refractivity contribution in [2.45, 2.75) is 19.4 Å². The van der Waals surface area contributed by atoms with Gasteiger partial charge in [0.25, 0.3) is 0 Å². The van der Waals surface area contributed by atoms with Crippen molar-refractivity contribution < 1.29 is 9.66 Å². The maximum atomic E-state index is 10.9. The van der Waals surface area contributed by atoms with Gasteiger partial charge in [0.05, 0.1) is 17.1 Å². The Morgan fingerprint density at radius 1 is 1.61 bits per heavy atom. The molecule has 1 aromatic heterocycles. The summed E-state index contributed by atoms with van der Waals surface area (Å²) in [7, 11) is 1.55. The minimum Gasteiger partial charge on any atom is -0.382 e. The zero-order chi connectivity index (χ0) is 13.8. The molecule has 9 heteroatoms. The number of nitrogens with zero attached hydrogens (tertiary/aromatic N) is 3. The number of nitrogens with one attached hydrogen (secondary N) is 2. The van der Waals surface area contributed by atoms with E-state index in [1.54, 1.807) is 7.11 Å². The molecule has 0 aliphatic rings. The van der Waals surface area contributed by atoms with Crippen LogP contribution in [0.5, 0.6) is 0 Å². The summed E-state index contributed by atoms with van der Waals surface area (Å²) >= 11 is 0. The first kappa shape index (κ1) is 14.1. The molecule has 100 valence electrons. The van der Waals surface area contributed by atoms with E-state index >= 15 is 0 Å². The number of ether oxygens (including phenoxy) is 1. The molecule has 0 atom stereocenters. The number of hydrogen-bond acceptors (Lipinski definition) is 8. The Kier molecular flexibility index (Phi) is 4.34. The van der Waals surface area contributed by atoms with Crippen LogP contribution in [0.25, 0.3) is 0 Å². The molecule has 1 aromatic rings. The molecule has 18 heavy (non-hydrogen) atoms. The average Bonchev–Trinajstić information content (AvgIpc) is 2.27. The van der Waals surface area contributed by atoms with Crippen LogP contribution in [0.2, 0.25) is 0 Å². The van der Waals surface area contributed by atoms with Gasteiger partial charge in [0, 0.05) is 7.11 Å². The van der Waals surface area contributed by atoms with Gasteiger partial charge in [0.1, 0.15) is 6.20 Å². The SMILES string of the molecule is COCC(C)(C)Nc1nc(NN)ncc1[N+](=O)[O-]. The lowest BCUT2D eigenvalue weighted by Gasteiger charge is -2.25. The molecule has 0 aromatic carbocycles. The Bertz CT molecular complexity index is 436. The first-order valence-electron chi connectivity index (χ1n) is 5.15. The van der Waals surface area contributed by atoms with Crippen LogP contribution < -0.4 is 16.6 Å². The van der Waals surface area contributed by atoms with E-state index in [0.29, 0.717) is 6.61 Å². The highest BCUT2D eigenvalue weighted by Crippen LogP contribution is 2.25. The minimum absolute atomic E-state index is 0.0880. The van der Waals surface area contributed by atoms with Crippen molar-refractivity contribution in [2.75, 3.05) is 24.5 Å². The van der Waals surface area contributed by atoms with E-state index in [0.717, 1.165) is 6.20 Å². The van der Waals surface area contributed by atoms with Crippen LogP contribution in [0, 0.1) is 10.1 Å². The van der Waals surface area contributed by atoms with Crippen molar-refractivity contribution in [3.05, 3.63) is 16.3 Å². The molecule has 9 nitrogen and oxygen atoms in total. The summed E-state index contributed by atoms with van der Waals surface area (Å²) in [6.45, 7) is 4.02. The number of anilines is 2. The van der Waals surface area contributed by atoms with E-state index in [2.05, 4.69) is 20.7 Å². The van der Waals surface area contributed by atoms with Crippen LogP contribution in [-0.2, 0) is 4.74 Å². The van der Waals surface area contributed by atoms with Crippen LogP contribution in [0.1, 0.15) is 13.8 Å². The molecule has 0 bridgehead atoms. The van der Waals surface area contributed by atoms with Crippen molar-refractivity contribution in [2.24, 2.45) is 5.84 Å². The second-order valence-corrected chi connectivity index (χ2v) is 4.27. The van der Waals surface area contributed by atoms with Gasteiger partial charge in [-0.15, -0.1) is 0 Å². The number of hydrazine groups is 1. The van der Waals surface area contributed by atoms with Crippen LogP contribution in [0.4, 0.5) is 17.5 Å². The second-order valence-electron chi connectivity index (χ2n) is 4.27. The molecule has 4 N–H and O–H groups in total. The third-order valence-corrected chi connectivity index (χ3v) is 2.06. The lowest BCUT2D eigenvalue weighted by atomic mass is 10.1. The van der Waals surface area contributed by atoms with E-state index in [-0.39, 0.29) is 17.5 Å². The number of aromatic nitrogens is 2. The van der Waals surface area contributed by atoms with Crippen molar-refractivity contribution >= 4 is 17.5 Å². The van der Waals surface area contributed by atoms with Gasteiger partial charge in [-0.05, 0) is 13.8 Å². The standard InChI is InChI=1S/C9H16N6O3/c1-9(2,5-18-3)13-7-6(15(16)17)4-11-8(12-7)14-10/h4H,5,10H2,1-3H3,(H2,11,12,13,14). The molecule has 1 heterocycles. The third-order valence-electron chi connectivity index (χ3n) is 2.06. The smallest absolute Gasteiger partial charge is 0.329 e. The molecule has 1 rings (SSSR count). The zero-order valence-corrected chi connectivity index (χ0v) is 10.4. The number of methoxy groups -OCH3 is 1. The van der Waals surface area contributed by atoms with E-state index in [1.807, 2.05) is 13.8 Å². The molecule has 0 amide bonds. The van der Waals surface area contributed by atoms with E-state index < -0.39 is 10.5 Å². The summed E-state index contributed by atoms with van der Waals surface area (Å²) in [4.78, 5) is 17.9. The van der Waals surface area contributed by atoms with E-state index in [4.69, 9.17) is 10.6 Å². The van der Waals surface area contributed by atoms with Gasteiger partial charge >= 0.3 is 5.69 Å². The summed E-state index contributed by atoms with van der Waals surface area (Å²) in [6.07, 6.45) is 1.09. The first-order chi connectivity index (χ1) is 8.39. The molecule has 0 unspecified atom stereocenters. The molecule has 0 saturated carbocycles. The lowest BCUT2D eigenvalue weighted by molar-refractivity contribution is -0.384. The zero-order valence-electron chi connectivity index (χ0n) is 10.4. The molecular weight excluding hydrogens is 240 g/mol. The predicted octanol–water partition coefficient (Wildman–Crippen LogP) is 0.507. The maximum Gasteiger partial charge on any atom is 0.329 e. The van der Waals surface area contributed by atoms with Crippen LogP contribution in [0.3, 0.4) is 0 Å². The summed E-state index contributed by atoms with van der Waals surface area (Å²) in [5.74, 6) is 5.35. The minimum atomic E-state index is -0.564. The normalized spacial score (nSPS) is 11.1. The molecule has 0 spiro atoms. The molecule has 0 radical (unpaired) electrons. The Labute approximate surface area is 104 Å². The predicted molar refractivity (Wildman–Crippen MR) is 66.1 cm³/mol. The Hall–Kier alpha value is -2.00. The highest BCUT2D eigenvalue weighted by molar-refractivity contribution is 5.58. The van der Waals surface area contributed by atoms with Crippen molar-refractivity contribution in [1.82, 2.24) is 9.97 Å². The summed E-state index contributed by atoms with van der Waals surface area (Å²) in [5.41, 5.74) is 1.50. The van der Waals surface area contributed by atoms with Gasteiger partial charge in [0.2, 0.25) is 11.8 Å². The fraction of sp³-hybridized carbons (Fsp3) is 0.556. The van der Waals surface area contributed by atoms with Gasteiger partial charge in [-0.2, -0.15) is 4.98 Å². The lowest BCUT2D eigenvalue weighted by Crippen LogP contribution is -2.36. The Balaban J connectivity index is 3.08. The highest BCUT2D eigenvalue weighted by Gasteiger charge is 2.24. The first-order valence-corrected chi connectivity index (χ1v) is 5.15. The van der Waals surface area contributed by atoms with Crippen molar-refractivity contribution in [3.8, 4) is 0 Å². The fourth-order valence-electron chi connectivity index (χ4n) is 1.39. The van der Waals surface area contributed by atoms with Gasteiger partial charge in [-0.1, -0.05) is 0 Å². The molecule has 0 fully saturated rings. The summed E-state index contributed by atoms with van der Waals surface area (Å²) in [6, 6.07) is 0. The molecule has 0 aliphatic carbocycles. The molecular formula is C9H16N6O3. The number of hydrogen-bond donors (Lipinski definition) is 3. The van der Waals surface area contributed by atoms with Gasteiger partial charge in [0.15, 0.2) is 0 Å². The van der Waals surface area contributed by atoms with Gasteiger partial charge < -0.3 is 10.1 Å². The van der Waals surface area contributed by atoms with E-state index in [1.165, 1.54) is 0 Å². The number of rotatable bonds is 6. The van der Waals surface area contributed by atoms with Gasteiger partial charge in [-0.25, -0.2) is 10.8 Å². The summed E-state index contributed by atoms with van der Waals surface area (Å²) < 4.78 is 5.02. The quantitative estimate of drug-likeness (QED) is 0.381. The molecule has 0 aliphatic heterocycles.